The first-order valence-electron chi connectivity index (χ1n) is 7.35. The van der Waals surface area contributed by atoms with E-state index in [4.69, 9.17) is 0 Å². The molecule has 1 heterocycles. The third kappa shape index (κ3) is 3.23. The molecule has 0 aromatic rings. The molecule has 1 amide bonds. The minimum absolute atomic E-state index is 0.0613. The van der Waals surface area contributed by atoms with Crippen molar-refractivity contribution < 1.29 is 9.90 Å². The van der Waals surface area contributed by atoms with Crippen molar-refractivity contribution >= 4 is 5.91 Å². The van der Waals surface area contributed by atoms with Gasteiger partial charge in [-0.25, -0.2) is 0 Å². The number of hydrogen-bond donors (Lipinski definition) is 2. The number of carbonyl (C=O) groups excluding carboxylic acids is 1. The number of piperidine rings is 1. The summed E-state index contributed by atoms with van der Waals surface area (Å²) in [4.78, 5) is 14.1. The molecule has 1 saturated heterocycles. The molecule has 2 N–H and O–H groups in total. The monoisotopic (exact) mass is 254 g/mol. The maximum absolute atomic E-state index is 12.3. The second-order valence-electron chi connectivity index (χ2n) is 5.77. The van der Waals surface area contributed by atoms with Gasteiger partial charge in [-0.3, -0.25) is 4.79 Å². The van der Waals surface area contributed by atoms with Gasteiger partial charge in [0, 0.05) is 13.1 Å². The molecule has 2 rings (SSSR count). The van der Waals surface area contributed by atoms with Crippen LogP contribution in [0.2, 0.25) is 0 Å². The predicted octanol–water partition coefficient (Wildman–Crippen LogP) is 1.14. The summed E-state index contributed by atoms with van der Waals surface area (Å²) < 4.78 is 0. The number of nitrogens with one attached hydrogen (secondary N) is 1. The third-order valence-electron chi connectivity index (χ3n) is 4.55. The van der Waals surface area contributed by atoms with Crippen LogP contribution in [-0.2, 0) is 4.79 Å². The van der Waals surface area contributed by atoms with Crippen LogP contribution in [0.4, 0.5) is 0 Å². The lowest BCUT2D eigenvalue weighted by Gasteiger charge is -2.35. The molecule has 1 aliphatic carbocycles. The van der Waals surface area contributed by atoms with Gasteiger partial charge >= 0.3 is 0 Å². The van der Waals surface area contributed by atoms with E-state index in [1.807, 2.05) is 7.05 Å². The number of carbonyl (C=O) groups is 1. The fourth-order valence-corrected chi connectivity index (χ4v) is 3.23. The first-order chi connectivity index (χ1) is 8.70. The largest absolute Gasteiger partial charge is 0.383 e. The summed E-state index contributed by atoms with van der Waals surface area (Å²) in [6.07, 6.45) is 6.81. The molecule has 18 heavy (non-hydrogen) atoms. The highest BCUT2D eigenvalue weighted by atomic mass is 16.3. The minimum Gasteiger partial charge on any atom is -0.383 e. The number of hydrogen-bond acceptors (Lipinski definition) is 3. The average Bonchev–Trinajstić information content (AvgIpc) is 2.47. The normalized spacial score (nSPS) is 24.8. The van der Waals surface area contributed by atoms with Crippen LogP contribution in [0.5, 0.6) is 0 Å². The molecule has 4 heteroatoms. The summed E-state index contributed by atoms with van der Waals surface area (Å²) in [7, 11) is 1.85. The van der Waals surface area contributed by atoms with E-state index in [-0.39, 0.29) is 11.8 Å². The van der Waals surface area contributed by atoms with E-state index in [0.717, 1.165) is 51.6 Å². The molecule has 2 aliphatic rings. The second-order valence-corrected chi connectivity index (χ2v) is 5.77. The van der Waals surface area contributed by atoms with Crippen molar-refractivity contribution in [3.8, 4) is 0 Å². The van der Waals surface area contributed by atoms with Crippen LogP contribution in [0, 0.1) is 5.92 Å². The number of aliphatic hydroxyl groups excluding tert-OH is 1. The number of nitrogens with zero attached hydrogens (tertiary/aromatic N) is 1. The van der Waals surface area contributed by atoms with Gasteiger partial charge in [-0.15, -0.1) is 0 Å². The van der Waals surface area contributed by atoms with Gasteiger partial charge in [0.05, 0.1) is 0 Å². The van der Waals surface area contributed by atoms with Gasteiger partial charge in [0.2, 0.25) is 0 Å². The molecule has 0 aromatic carbocycles. The summed E-state index contributed by atoms with van der Waals surface area (Å²) in [6, 6.07) is 0.303. The lowest BCUT2D eigenvalue weighted by atomic mass is 9.84. The van der Waals surface area contributed by atoms with Crippen molar-refractivity contribution in [2.75, 3.05) is 20.1 Å². The van der Waals surface area contributed by atoms with Crippen LogP contribution in [0.15, 0.2) is 0 Å². The smallest absolute Gasteiger partial charge is 0.251 e. The zero-order valence-electron chi connectivity index (χ0n) is 11.4. The molecule has 2 fully saturated rings. The zero-order chi connectivity index (χ0) is 13.0. The molecule has 1 saturated carbocycles. The number of likely N-dealkylation sites (N-methyl/N-ethyl adjacent to an activating group) is 1. The Morgan fingerprint density at radius 3 is 2.39 bits per heavy atom. The Bertz CT molecular complexity index is 245. The Morgan fingerprint density at radius 1 is 1.17 bits per heavy atom. The van der Waals surface area contributed by atoms with Crippen LogP contribution in [0.1, 0.15) is 44.9 Å². The molecule has 1 atom stereocenters. The van der Waals surface area contributed by atoms with E-state index in [0.29, 0.717) is 6.04 Å². The molecule has 0 radical (unpaired) electrons. The van der Waals surface area contributed by atoms with Crippen LogP contribution < -0.4 is 5.32 Å². The van der Waals surface area contributed by atoms with E-state index >= 15 is 0 Å². The third-order valence-corrected chi connectivity index (χ3v) is 4.55. The molecule has 104 valence electrons. The molecule has 0 spiro atoms. The summed E-state index contributed by atoms with van der Waals surface area (Å²) in [5.74, 6) is 0.129. The Kier molecular flexibility index (Phi) is 5.01. The summed E-state index contributed by atoms with van der Waals surface area (Å²) >= 11 is 0. The SMILES string of the molecule is CN(C(=O)C(O)C1CCCCC1)C1CCNCC1. The molecular formula is C14H26N2O2. The summed E-state index contributed by atoms with van der Waals surface area (Å²) in [5.41, 5.74) is 0. The van der Waals surface area contributed by atoms with Gasteiger partial charge in [-0.1, -0.05) is 19.3 Å². The fraction of sp³-hybridized carbons (Fsp3) is 0.929. The number of amides is 1. The van der Waals surface area contributed by atoms with Crippen molar-refractivity contribution in [1.29, 1.82) is 0 Å². The van der Waals surface area contributed by atoms with Gasteiger partial charge in [-0.2, -0.15) is 0 Å². The summed E-state index contributed by atoms with van der Waals surface area (Å²) in [5, 5.41) is 13.5. The van der Waals surface area contributed by atoms with Crippen molar-refractivity contribution in [1.82, 2.24) is 10.2 Å². The van der Waals surface area contributed by atoms with Crippen molar-refractivity contribution in [2.45, 2.75) is 57.1 Å². The van der Waals surface area contributed by atoms with Gasteiger partial charge < -0.3 is 15.3 Å². The fourth-order valence-electron chi connectivity index (χ4n) is 3.23. The van der Waals surface area contributed by atoms with Gasteiger partial charge in [0.1, 0.15) is 6.10 Å². The van der Waals surface area contributed by atoms with E-state index in [2.05, 4.69) is 5.32 Å². The first-order valence-corrected chi connectivity index (χ1v) is 7.35. The van der Waals surface area contributed by atoms with Crippen LogP contribution in [0.25, 0.3) is 0 Å². The molecule has 0 bridgehead atoms. The maximum atomic E-state index is 12.3. The topological polar surface area (TPSA) is 52.6 Å². The van der Waals surface area contributed by atoms with Crippen molar-refractivity contribution in [2.24, 2.45) is 5.92 Å². The molecule has 0 aromatic heterocycles. The number of rotatable bonds is 3. The number of aliphatic hydroxyl groups is 1. The maximum Gasteiger partial charge on any atom is 0.251 e. The van der Waals surface area contributed by atoms with Crippen LogP contribution >= 0.6 is 0 Å². The van der Waals surface area contributed by atoms with E-state index in [9.17, 15) is 9.90 Å². The Hall–Kier alpha value is -0.610. The Labute approximate surface area is 110 Å². The Morgan fingerprint density at radius 2 is 1.78 bits per heavy atom. The molecular weight excluding hydrogens is 228 g/mol. The highest BCUT2D eigenvalue weighted by molar-refractivity contribution is 5.81. The van der Waals surface area contributed by atoms with E-state index in [1.54, 1.807) is 4.90 Å². The highest BCUT2D eigenvalue weighted by Crippen LogP contribution is 2.27. The van der Waals surface area contributed by atoms with E-state index < -0.39 is 6.10 Å². The minimum atomic E-state index is -0.773. The quantitative estimate of drug-likeness (QED) is 0.794. The average molecular weight is 254 g/mol. The second kappa shape index (κ2) is 6.53. The van der Waals surface area contributed by atoms with Crippen LogP contribution in [-0.4, -0.2) is 48.2 Å². The Balaban J connectivity index is 1.87. The molecule has 1 unspecified atom stereocenters. The van der Waals surface area contributed by atoms with Crippen molar-refractivity contribution in [3.63, 3.8) is 0 Å². The van der Waals surface area contributed by atoms with Crippen molar-refractivity contribution in [3.05, 3.63) is 0 Å². The highest BCUT2D eigenvalue weighted by Gasteiger charge is 2.32. The van der Waals surface area contributed by atoms with Crippen LogP contribution in [0.3, 0.4) is 0 Å². The molecule has 4 nitrogen and oxygen atoms in total. The summed E-state index contributed by atoms with van der Waals surface area (Å²) in [6.45, 7) is 1.95. The van der Waals surface area contributed by atoms with Gasteiger partial charge in [-0.05, 0) is 44.7 Å². The molecule has 1 aliphatic heterocycles. The lowest BCUT2D eigenvalue weighted by Crippen LogP contribution is -2.49. The standard InChI is InChI=1S/C14H26N2O2/c1-16(12-7-9-15-10-8-12)14(18)13(17)11-5-3-2-4-6-11/h11-13,15,17H,2-10H2,1H3. The van der Waals surface area contributed by atoms with E-state index in [1.165, 1.54) is 6.42 Å². The van der Waals surface area contributed by atoms with Gasteiger partial charge in [0.15, 0.2) is 0 Å². The van der Waals surface area contributed by atoms with Gasteiger partial charge in [0.25, 0.3) is 5.91 Å². The first kappa shape index (κ1) is 13.8. The lowest BCUT2D eigenvalue weighted by molar-refractivity contribution is -0.145. The predicted molar refractivity (Wildman–Crippen MR) is 71.2 cm³/mol. The zero-order valence-corrected chi connectivity index (χ0v) is 11.4.